The molecule has 2 rings (SSSR count). The molecule has 1 atom stereocenters. The molecule has 1 saturated heterocycles. The molecule has 1 heterocycles. The van der Waals surface area contributed by atoms with E-state index in [4.69, 9.17) is 17.3 Å². The molecule has 2 N–H and O–H groups in total. The molecule has 7 heteroatoms. The standard InChI is InChI=1S/C18H26ClN3O2.ClH/c1-13(2)12-16(20)18(24)22-9-3-8-21(10-11-22)17(23)14-4-6-15(19)7-5-14;/h4-7,13,16H,3,8-12,20H2,1-2H3;1H/t16-;/m0./s1. The van der Waals surface area contributed by atoms with Crippen molar-refractivity contribution in [1.29, 1.82) is 0 Å². The summed E-state index contributed by atoms with van der Waals surface area (Å²) in [6.45, 7) is 6.47. The molecule has 0 aromatic heterocycles. The average Bonchev–Trinajstić information content (AvgIpc) is 2.79. The fourth-order valence-electron chi connectivity index (χ4n) is 2.96. The Morgan fingerprint density at radius 2 is 1.64 bits per heavy atom. The number of halogens is 2. The highest BCUT2D eigenvalue weighted by Crippen LogP contribution is 2.14. The van der Waals surface area contributed by atoms with Crippen molar-refractivity contribution in [2.75, 3.05) is 26.2 Å². The first-order valence-corrected chi connectivity index (χ1v) is 8.85. The summed E-state index contributed by atoms with van der Waals surface area (Å²) in [4.78, 5) is 28.6. The SMILES string of the molecule is CC(C)C[C@H](N)C(=O)N1CCCN(C(=O)c2ccc(Cl)cc2)CC1.Cl. The Bertz CT molecular complexity index is 578. The van der Waals surface area contributed by atoms with E-state index in [0.29, 0.717) is 49.1 Å². The third-order valence-electron chi connectivity index (χ3n) is 4.23. The first-order chi connectivity index (χ1) is 11.4. The van der Waals surface area contributed by atoms with Gasteiger partial charge in [-0.1, -0.05) is 25.4 Å². The van der Waals surface area contributed by atoms with Crippen LogP contribution in [0.1, 0.15) is 37.0 Å². The Morgan fingerprint density at radius 1 is 1.08 bits per heavy atom. The number of nitrogens with zero attached hydrogens (tertiary/aromatic N) is 2. The summed E-state index contributed by atoms with van der Waals surface area (Å²) in [5.41, 5.74) is 6.64. The van der Waals surface area contributed by atoms with Gasteiger partial charge in [-0.05, 0) is 43.0 Å². The highest BCUT2D eigenvalue weighted by molar-refractivity contribution is 6.30. The number of hydrogen-bond acceptors (Lipinski definition) is 3. The van der Waals surface area contributed by atoms with Crippen LogP contribution in [-0.4, -0.2) is 53.8 Å². The Hall–Kier alpha value is -1.30. The summed E-state index contributed by atoms with van der Waals surface area (Å²) >= 11 is 5.87. The Labute approximate surface area is 160 Å². The Kier molecular flexibility index (Phi) is 8.69. The van der Waals surface area contributed by atoms with E-state index in [2.05, 4.69) is 13.8 Å². The molecular weight excluding hydrogens is 361 g/mol. The molecule has 1 aromatic rings. The molecule has 0 spiro atoms. The van der Waals surface area contributed by atoms with Crippen molar-refractivity contribution in [3.63, 3.8) is 0 Å². The molecular formula is C18H27Cl2N3O2. The van der Waals surface area contributed by atoms with Crippen LogP contribution in [0.5, 0.6) is 0 Å². The Balaban J connectivity index is 0.00000312. The monoisotopic (exact) mass is 387 g/mol. The van der Waals surface area contributed by atoms with Crippen LogP contribution in [0.2, 0.25) is 5.02 Å². The molecule has 0 saturated carbocycles. The lowest BCUT2D eigenvalue weighted by Crippen LogP contribution is -2.46. The first-order valence-electron chi connectivity index (χ1n) is 8.47. The van der Waals surface area contributed by atoms with Gasteiger partial charge in [0.15, 0.2) is 0 Å². The van der Waals surface area contributed by atoms with Gasteiger partial charge < -0.3 is 15.5 Å². The second kappa shape index (κ2) is 10.00. The molecule has 0 unspecified atom stereocenters. The van der Waals surface area contributed by atoms with Gasteiger partial charge in [0, 0.05) is 36.8 Å². The molecule has 140 valence electrons. The molecule has 1 aliphatic rings. The van der Waals surface area contributed by atoms with Gasteiger partial charge >= 0.3 is 0 Å². The zero-order valence-corrected chi connectivity index (χ0v) is 16.4. The van der Waals surface area contributed by atoms with Crippen molar-refractivity contribution in [3.8, 4) is 0 Å². The Morgan fingerprint density at radius 3 is 2.24 bits per heavy atom. The predicted octanol–water partition coefficient (Wildman–Crippen LogP) is 2.81. The second-order valence-corrected chi connectivity index (χ2v) is 7.15. The smallest absolute Gasteiger partial charge is 0.253 e. The van der Waals surface area contributed by atoms with E-state index in [-0.39, 0.29) is 24.2 Å². The molecule has 0 aliphatic carbocycles. The van der Waals surface area contributed by atoms with Crippen LogP contribution in [-0.2, 0) is 4.79 Å². The van der Waals surface area contributed by atoms with Gasteiger partial charge in [-0.15, -0.1) is 12.4 Å². The van der Waals surface area contributed by atoms with E-state index in [1.54, 1.807) is 34.1 Å². The fraction of sp³-hybridized carbons (Fsp3) is 0.556. The molecule has 1 fully saturated rings. The predicted molar refractivity (Wildman–Crippen MR) is 103 cm³/mol. The quantitative estimate of drug-likeness (QED) is 0.863. The summed E-state index contributed by atoms with van der Waals surface area (Å²) in [5.74, 6) is 0.357. The van der Waals surface area contributed by atoms with Crippen LogP contribution in [0.3, 0.4) is 0 Å². The van der Waals surface area contributed by atoms with E-state index < -0.39 is 6.04 Å². The average molecular weight is 388 g/mol. The molecule has 1 aromatic carbocycles. The summed E-state index contributed by atoms with van der Waals surface area (Å²) in [7, 11) is 0. The van der Waals surface area contributed by atoms with E-state index in [0.717, 1.165) is 6.42 Å². The maximum Gasteiger partial charge on any atom is 0.253 e. The molecule has 0 bridgehead atoms. The normalized spacial score (nSPS) is 16.2. The summed E-state index contributed by atoms with van der Waals surface area (Å²) in [5, 5.41) is 0.610. The third-order valence-corrected chi connectivity index (χ3v) is 4.48. The second-order valence-electron chi connectivity index (χ2n) is 6.71. The number of rotatable bonds is 4. The van der Waals surface area contributed by atoms with Crippen LogP contribution in [0, 0.1) is 5.92 Å². The van der Waals surface area contributed by atoms with Crippen molar-refractivity contribution < 1.29 is 9.59 Å². The fourth-order valence-corrected chi connectivity index (χ4v) is 3.09. The van der Waals surface area contributed by atoms with E-state index in [1.165, 1.54) is 0 Å². The van der Waals surface area contributed by atoms with Crippen LogP contribution in [0.15, 0.2) is 24.3 Å². The number of nitrogens with two attached hydrogens (primary N) is 1. The zero-order valence-electron chi connectivity index (χ0n) is 14.8. The maximum absolute atomic E-state index is 12.6. The lowest BCUT2D eigenvalue weighted by Gasteiger charge is -2.25. The molecule has 25 heavy (non-hydrogen) atoms. The van der Waals surface area contributed by atoms with Crippen LogP contribution >= 0.6 is 24.0 Å². The molecule has 0 radical (unpaired) electrons. The number of amides is 2. The van der Waals surface area contributed by atoms with Crippen molar-refractivity contribution in [2.24, 2.45) is 11.7 Å². The molecule has 2 amide bonds. The lowest BCUT2D eigenvalue weighted by molar-refractivity contribution is -0.132. The topological polar surface area (TPSA) is 66.6 Å². The minimum atomic E-state index is -0.455. The minimum absolute atomic E-state index is 0. The van der Waals surface area contributed by atoms with Gasteiger partial charge in [0.2, 0.25) is 5.91 Å². The third kappa shape index (κ3) is 6.17. The lowest BCUT2D eigenvalue weighted by atomic mass is 10.0. The van der Waals surface area contributed by atoms with E-state index in [9.17, 15) is 9.59 Å². The molecule has 1 aliphatic heterocycles. The van der Waals surface area contributed by atoms with Crippen molar-refractivity contribution in [3.05, 3.63) is 34.9 Å². The number of carbonyl (C=O) groups excluding carboxylic acids is 2. The first kappa shape index (κ1) is 21.7. The van der Waals surface area contributed by atoms with Gasteiger partial charge in [0.1, 0.15) is 0 Å². The van der Waals surface area contributed by atoms with Crippen molar-refractivity contribution in [2.45, 2.75) is 32.7 Å². The van der Waals surface area contributed by atoms with Crippen LogP contribution in [0.4, 0.5) is 0 Å². The summed E-state index contributed by atoms with van der Waals surface area (Å²) in [6, 6.07) is 6.44. The number of carbonyl (C=O) groups is 2. The highest BCUT2D eigenvalue weighted by atomic mass is 35.5. The van der Waals surface area contributed by atoms with Gasteiger partial charge in [-0.25, -0.2) is 0 Å². The number of benzene rings is 1. The molecule has 5 nitrogen and oxygen atoms in total. The van der Waals surface area contributed by atoms with Crippen LogP contribution < -0.4 is 5.73 Å². The van der Waals surface area contributed by atoms with Gasteiger partial charge in [0.25, 0.3) is 5.91 Å². The largest absolute Gasteiger partial charge is 0.340 e. The minimum Gasteiger partial charge on any atom is -0.340 e. The summed E-state index contributed by atoms with van der Waals surface area (Å²) < 4.78 is 0. The zero-order chi connectivity index (χ0) is 17.7. The summed E-state index contributed by atoms with van der Waals surface area (Å²) in [6.07, 6.45) is 1.45. The van der Waals surface area contributed by atoms with Crippen LogP contribution in [0.25, 0.3) is 0 Å². The maximum atomic E-state index is 12.6. The van der Waals surface area contributed by atoms with Crippen molar-refractivity contribution in [1.82, 2.24) is 9.80 Å². The number of hydrogen-bond donors (Lipinski definition) is 1. The highest BCUT2D eigenvalue weighted by Gasteiger charge is 2.26. The van der Waals surface area contributed by atoms with Gasteiger partial charge in [-0.2, -0.15) is 0 Å². The van der Waals surface area contributed by atoms with E-state index in [1.807, 2.05) is 0 Å². The van der Waals surface area contributed by atoms with Gasteiger partial charge in [-0.3, -0.25) is 9.59 Å². The van der Waals surface area contributed by atoms with Gasteiger partial charge in [0.05, 0.1) is 6.04 Å². The van der Waals surface area contributed by atoms with Crippen molar-refractivity contribution >= 4 is 35.8 Å². The van der Waals surface area contributed by atoms with E-state index >= 15 is 0 Å².